The maximum atomic E-state index is 11.9. The van der Waals surface area contributed by atoms with Crippen LogP contribution in [0.4, 0.5) is 0 Å². The highest BCUT2D eigenvalue weighted by molar-refractivity contribution is 5.78. The van der Waals surface area contributed by atoms with Crippen molar-refractivity contribution in [2.24, 2.45) is 0 Å². The molecule has 0 amide bonds. The fraction of sp³-hybridized carbons (Fsp3) is 0.500. The SMILES string of the molecule is CCOC(=O)[C@H]1CCCCc2ccccc21. The van der Waals surface area contributed by atoms with E-state index in [2.05, 4.69) is 12.1 Å². The van der Waals surface area contributed by atoms with Gasteiger partial charge in [0.1, 0.15) is 0 Å². The van der Waals surface area contributed by atoms with Crippen molar-refractivity contribution in [3.63, 3.8) is 0 Å². The normalized spacial score (nSPS) is 19.7. The van der Waals surface area contributed by atoms with Crippen molar-refractivity contribution < 1.29 is 9.53 Å². The molecule has 0 aromatic heterocycles. The first-order chi connectivity index (χ1) is 7.83. The maximum absolute atomic E-state index is 11.9. The van der Waals surface area contributed by atoms with Crippen molar-refractivity contribution >= 4 is 5.97 Å². The molecule has 0 radical (unpaired) electrons. The molecular weight excluding hydrogens is 200 g/mol. The summed E-state index contributed by atoms with van der Waals surface area (Å²) in [5.41, 5.74) is 2.50. The molecule has 0 heterocycles. The van der Waals surface area contributed by atoms with Gasteiger partial charge in [-0.05, 0) is 37.3 Å². The van der Waals surface area contributed by atoms with Crippen LogP contribution >= 0.6 is 0 Å². The molecule has 2 nitrogen and oxygen atoms in total. The predicted octanol–water partition coefficient (Wildman–Crippen LogP) is 3.06. The number of carbonyl (C=O) groups is 1. The first-order valence-corrected chi connectivity index (χ1v) is 6.07. The molecule has 1 aromatic carbocycles. The van der Waals surface area contributed by atoms with Crippen molar-refractivity contribution in [2.75, 3.05) is 6.61 Å². The summed E-state index contributed by atoms with van der Waals surface area (Å²) in [5, 5.41) is 0. The molecule has 0 N–H and O–H groups in total. The standard InChI is InChI=1S/C14H18O2/c1-2-16-14(15)13-10-6-4-8-11-7-3-5-9-12(11)13/h3,5,7,9,13H,2,4,6,8,10H2,1H3/t13-/m0/s1. The Bertz CT molecular complexity index is 371. The van der Waals surface area contributed by atoms with Crippen LogP contribution < -0.4 is 0 Å². The fourth-order valence-electron chi connectivity index (χ4n) is 2.41. The van der Waals surface area contributed by atoms with Gasteiger partial charge >= 0.3 is 5.97 Å². The van der Waals surface area contributed by atoms with E-state index < -0.39 is 0 Å². The number of rotatable bonds is 2. The van der Waals surface area contributed by atoms with Gasteiger partial charge < -0.3 is 4.74 Å². The molecule has 1 atom stereocenters. The van der Waals surface area contributed by atoms with Gasteiger partial charge in [0.05, 0.1) is 12.5 Å². The van der Waals surface area contributed by atoms with Gasteiger partial charge in [0, 0.05) is 0 Å². The highest BCUT2D eigenvalue weighted by Crippen LogP contribution is 2.31. The highest BCUT2D eigenvalue weighted by atomic mass is 16.5. The summed E-state index contributed by atoms with van der Waals surface area (Å²) in [6.45, 7) is 2.33. The molecule has 1 aromatic rings. The monoisotopic (exact) mass is 218 g/mol. The lowest BCUT2D eigenvalue weighted by molar-refractivity contribution is -0.145. The van der Waals surface area contributed by atoms with E-state index in [9.17, 15) is 4.79 Å². The molecule has 16 heavy (non-hydrogen) atoms. The van der Waals surface area contributed by atoms with Crippen LogP contribution in [0.15, 0.2) is 24.3 Å². The molecule has 1 aliphatic carbocycles. The largest absolute Gasteiger partial charge is 0.466 e. The average molecular weight is 218 g/mol. The van der Waals surface area contributed by atoms with Crippen molar-refractivity contribution in [3.8, 4) is 0 Å². The first-order valence-electron chi connectivity index (χ1n) is 6.07. The second-order valence-corrected chi connectivity index (χ2v) is 4.25. The van der Waals surface area contributed by atoms with Crippen LogP contribution in [0, 0.1) is 0 Å². The van der Waals surface area contributed by atoms with Crippen molar-refractivity contribution in [1.29, 1.82) is 0 Å². The van der Waals surface area contributed by atoms with Crippen molar-refractivity contribution in [2.45, 2.75) is 38.5 Å². The molecule has 0 unspecified atom stereocenters. The number of benzene rings is 1. The topological polar surface area (TPSA) is 26.3 Å². The lowest BCUT2D eigenvalue weighted by Crippen LogP contribution is -2.16. The van der Waals surface area contributed by atoms with Crippen molar-refractivity contribution in [1.82, 2.24) is 0 Å². The zero-order chi connectivity index (χ0) is 11.4. The Morgan fingerprint density at radius 1 is 1.38 bits per heavy atom. The predicted molar refractivity (Wildman–Crippen MR) is 63.4 cm³/mol. The van der Waals surface area contributed by atoms with E-state index in [0.29, 0.717) is 6.61 Å². The van der Waals surface area contributed by atoms with E-state index >= 15 is 0 Å². The van der Waals surface area contributed by atoms with Gasteiger partial charge in [-0.1, -0.05) is 30.7 Å². The third-order valence-corrected chi connectivity index (χ3v) is 3.19. The third-order valence-electron chi connectivity index (χ3n) is 3.19. The molecule has 0 aliphatic heterocycles. The Labute approximate surface area is 96.6 Å². The zero-order valence-electron chi connectivity index (χ0n) is 9.74. The molecule has 86 valence electrons. The number of ether oxygens (including phenoxy) is 1. The van der Waals surface area contributed by atoms with E-state index in [1.54, 1.807) is 0 Å². The van der Waals surface area contributed by atoms with Crippen molar-refractivity contribution in [3.05, 3.63) is 35.4 Å². The molecule has 1 aliphatic rings. The van der Waals surface area contributed by atoms with Crippen LogP contribution in [0.1, 0.15) is 43.2 Å². The van der Waals surface area contributed by atoms with Gasteiger partial charge in [0.15, 0.2) is 0 Å². The van der Waals surface area contributed by atoms with Gasteiger partial charge in [-0.25, -0.2) is 0 Å². The molecule has 0 saturated carbocycles. The molecule has 0 fully saturated rings. The Kier molecular flexibility index (Phi) is 3.60. The first kappa shape index (κ1) is 11.2. The summed E-state index contributed by atoms with van der Waals surface area (Å²) in [5.74, 6) is -0.101. The van der Waals surface area contributed by atoms with E-state index in [-0.39, 0.29) is 11.9 Å². The summed E-state index contributed by atoms with van der Waals surface area (Å²) >= 11 is 0. The molecule has 2 rings (SSSR count). The lowest BCUT2D eigenvalue weighted by Gasteiger charge is -2.15. The minimum atomic E-state index is -0.0585. The number of hydrogen-bond donors (Lipinski definition) is 0. The van der Waals surface area contributed by atoms with E-state index in [1.165, 1.54) is 17.5 Å². The maximum Gasteiger partial charge on any atom is 0.313 e. The Morgan fingerprint density at radius 2 is 2.19 bits per heavy atom. The smallest absolute Gasteiger partial charge is 0.313 e. The summed E-state index contributed by atoms with van der Waals surface area (Å²) in [6, 6.07) is 8.26. The van der Waals surface area contributed by atoms with Crippen LogP contribution in [-0.4, -0.2) is 12.6 Å². The van der Waals surface area contributed by atoms with Gasteiger partial charge in [-0.2, -0.15) is 0 Å². The van der Waals surface area contributed by atoms with Gasteiger partial charge in [0.25, 0.3) is 0 Å². The summed E-state index contributed by atoms with van der Waals surface area (Å²) in [4.78, 5) is 11.9. The number of aryl methyl sites for hydroxylation is 1. The number of esters is 1. The average Bonchev–Trinajstić information content (AvgIpc) is 2.51. The van der Waals surface area contributed by atoms with Crippen LogP contribution in [0.25, 0.3) is 0 Å². The second-order valence-electron chi connectivity index (χ2n) is 4.25. The van der Waals surface area contributed by atoms with Crippen LogP contribution in [0.5, 0.6) is 0 Å². The van der Waals surface area contributed by atoms with E-state index in [0.717, 1.165) is 19.3 Å². The third kappa shape index (κ3) is 2.26. The lowest BCUT2D eigenvalue weighted by atomic mass is 9.93. The number of fused-ring (bicyclic) bond motifs is 1. The van der Waals surface area contributed by atoms with E-state index in [4.69, 9.17) is 4.74 Å². The second kappa shape index (κ2) is 5.15. The van der Waals surface area contributed by atoms with Gasteiger partial charge in [0.2, 0.25) is 0 Å². The van der Waals surface area contributed by atoms with Crippen LogP contribution in [0.2, 0.25) is 0 Å². The highest BCUT2D eigenvalue weighted by Gasteiger charge is 2.25. The Morgan fingerprint density at radius 3 is 3.00 bits per heavy atom. The molecule has 0 bridgehead atoms. The zero-order valence-corrected chi connectivity index (χ0v) is 9.74. The summed E-state index contributed by atoms with van der Waals surface area (Å²) in [6.07, 6.45) is 4.30. The number of hydrogen-bond acceptors (Lipinski definition) is 2. The molecule has 2 heteroatoms. The fourth-order valence-corrected chi connectivity index (χ4v) is 2.41. The number of carbonyl (C=O) groups excluding carboxylic acids is 1. The van der Waals surface area contributed by atoms with E-state index in [1.807, 2.05) is 19.1 Å². The molecule has 0 spiro atoms. The minimum absolute atomic E-state index is 0.0429. The Balaban J connectivity index is 2.28. The van der Waals surface area contributed by atoms with Gasteiger partial charge in [-0.3, -0.25) is 4.79 Å². The molecule has 0 saturated heterocycles. The van der Waals surface area contributed by atoms with Crippen LogP contribution in [-0.2, 0) is 16.0 Å². The van der Waals surface area contributed by atoms with Crippen LogP contribution in [0.3, 0.4) is 0 Å². The minimum Gasteiger partial charge on any atom is -0.466 e. The quantitative estimate of drug-likeness (QED) is 0.563. The summed E-state index contributed by atoms with van der Waals surface area (Å²) < 4.78 is 5.15. The molecular formula is C14H18O2. The summed E-state index contributed by atoms with van der Waals surface area (Å²) in [7, 11) is 0. The van der Waals surface area contributed by atoms with Gasteiger partial charge in [-0.15, -0.1) is 0 Å². The Hall–Kier alpha value is -1.31.